The summed E-state index contributed by atoms with van der Waals surface area (Å²) in [5.74, 6) is 0. The second-order valence-corrected chi connectivity index (χ2v) is 5.13. The first-order valence-electron chi connectivity index (χ1n) is 11.8. The molecule has 1 aromatic heterocycles. The molecule has 0 spiro atoms. The van der Waals surface area contributed by atoms with Crippen LogP contribution in [0, 0.1) is 0 Å². The van der Waals surface area contributed by atoms with Crippen LogP contribution in [0.3, 0.4) is 0 Å². The summed E-state index contributed by atoms with van der Waals surface area (Å²) in [6, 6.07) is 13.1. The van der Waals surface area contributed by atoms with Crippen LogP contribution in [-0.4, -0.2) is 4.98 Å². The minimum absolute atomic E-state index is 1.09. The van der Waals surface area contributed by atoms with Gasteiger partial charge in [-0.3, -0.25) is 4.98 Å². The molecular weight excluding hydrogens is 362 g/mol. The van der Waals surface area contributed by atoms with Crippen LogP contribution in [0.4, 0.5) is 0 Å². The van der Waals surface area contributed by atoms with Crippen molar-refractivity contribution in [1.82, 2.24) is 4.98 Å². The zero-order valence-electron chi connectivity index (χ0n) is 21.3. The quantitative estimate of drug-likeness (QED) is 0.459. The van der Waals surface area contributed by atoms with Crippen LogP contribution in [0.25, 0.3) is 11.1 Å². The van der Waals surface area contributed by atoms with Crippen molar-refractivity contribution in [3.8, 4) is 0 Å². The van der Waals surface area contributed by atoms with E-state index in [-0.39, 0.29) is 0 Å². The van der Waals surface area contributed by atoms with Crippen molar-refractivity contribution in [2.24, 2.45) is 0 Å². The summed E-state index contributed by atoms with van der Waals surface area (Å²) in [7, 11) is 0. The lowest BCUT2D eigenvalue weighted by Crippen LogP contribution is -1.96. The number of hydrogen-bond acceptors (Lipinski definition) is 1. The molecule has 1 aliphatic carbocycles. The number of rotatable bonds is 3. The van der Waals surface area contributed by atoms with Gasteiger partial charge in [-0.05, 0) is 53.2 Å². The Bertz CT molecular complexity index is 649. The van der Waals surface area contributed by atoms with Gasteiger partial charge in [-0.2, -0.15) is 0 Å². The van der Waals surface area contributed by atoms with E-state index in [1.165, 1.54) is 27.8 Å². The van der Waals surface area contributed by atoms with Gasteiger partial charge in [0.15, 0.2) is 0 Å². The zero-order chi connectivity index (χ0) is 23.8. The molecule has 1 aromatic carbocycles. The molecule has 0 atom stereocenters. The Hall–Kier alpha value is -2.41. The molecule has 0 saturated carbocycles. The fourth-order valence-corrected chi connectivity index (χ4v) is 2.70. The van der Waals surface area contributed by atoms with Crippen molar-refractivity contribution >= 4 is 11.1 Å². The van der Waals surface area contributed by atoms with Crippen molar-refractivity contribution in [3.05, 3.63) is 90.8 Å². The van der Waals surface area contributed by atoms with Gasteiger partial charge >= 0.3 is 0 Å². The third kappa shape index (κ3) is 11.6. The number of benzene rings is 1. The molecule has 0 aliphatic heterocycles. The molecule has 0 saturated heterocycles. The maximum Gasteiger partial charge on any atom is 0.0343 e. The van der Waals surface area contributed by atoms with Gasteiger partial charge in [-0.25, -0.2) is 0 Å². The summed E-state index contributed by atoms with van der Waals surface area (Å²) in [4.78, 5) is 4.26. The van der Waals surface area contributed by atoms with Gasteiger partial charge in [-0.15, -0.1) is 13.2 Å². The second kappa shape index (κ2) is 24.6. The van der Waals surface area contributed by atoms with E-state index >= 15 is 0 Å². The Balaban J connectivity index is -0.000000642. The van der Waals surface area contributed by atoms with Gasteiger partial charge in [0, 0.05) is 12.4 Å². The van der Waals surface area contributed by atoms with Crippen LogP contribution < -0.4 is 0 Å². The van der Waals surface area contributed by atoms with E-state index < -0.39 is 0 Å². The molecule has 168 valence electrons. The molecule has 2 aromatic rings. The van der Waals surface area contributed by atoms with Crippen molar-refractivity contribution in [2.75, 3.05) is 0 Å². The SMILES string of the molecule is C=C.CC.CC.CC.CC.CCc1ccc(C2=C(c3cccnc3)CCC=C2)cc1. The predicted molar refractivity (Wildman–Crippen MR) is 142 cm³/mol. The van der Waals surface area contributed by atoms with E-state index in [0.717, 1.165) is 19.3 Å². The lowest BCUT2D eigenvalue weighted by Gasteiger charge is -2.17. The first-order valence-corrected chi connectivity index (χ1v) is 11.8. The van der Waals surface area contributed by atoms with E-state index in [2.05, 4.69) is 67.5 Å². The first kappa shape index (κ1) is 32.3. The van der Waals surface area contributed by atoms with Crippen molar-refractivity contribution in [3.63, 3.8) is 0 Å². The van der Waals surface area contributed by atoms with Gasteiger partial charge in [0.1, 0.15) is 0 Å². The summed E-state index contributed by atoms with van der Waals surface area (Å²) >= 11 is 0. The zero-order valence-corrected chi connectivity index (χ0v) is 21.3. The van der Waals surface area contributed by atoms with Crippen LogP contribution >= 0.6 is 0 Å². The molecule has 0 amide bonds. The first-order chi connectivity index (χ1) is 14.9. The molecular formula is C29H47N. The Kier molecular flexibility index (Phi) is 26.5. The summed E-state index contributed by atoms with van der Waals surface area (Å²) in [6.07, 6.45) is 11.6. The Labute approximate surface area is 188 Å². The lowest BCUT2D eigenvalue weighted by molar-refractivity contribution is 1.05. The topological polar surface area (TPSA) is 12.9 Å². The Morgan fingerprint density at radius 1 is 0.800 bits per heavy atom. The van der Waals surface area contributed by atoms with Crippen molar-refractivity contribution in [1.29, 1.82) is 0 Å². The number of aryl methyl sites for hydroxylation is 1. The average Bonchev–Trinajstić information content (AvgIpc) is 2.90. The number of hydrogen-bond donors (Lipinski definition) is 0. The highest BCUT2D eigenvalue weighted by molar-refractivity contribution is 5.96. The van der Waals surface area contributed by atoms with Crippen LogP contribution in [0.15, 0.2) is 74.1 Å². The van der Waals surface area contributed by atoms with Crippen LogP contribution in [0.1, 0.15) is 91.8 Å². The normalized spacial score (nSPS) is 10.7. The second-order valence-electron chi connectivity index (χ2n) is 5.13. The molecule has 0 unspecified atom stereocenters. The van der Waals surface area contributed by atoms with Gasteiger partial charge in [0.2, 0.25) is 0 Å². The molecule has 0 N–H and O–H groups in total. The fraction of sp³-hybridized carbons (Fsp3) is 0.414. The molecule has 3 rings (SSSR count). The maximum absolute atomic E-state index is 4.26. The van der Waals surface area contributed by atoms with Crippen molar-refractivity contribution in [2.45, 2.75) is 81.6 Å². The monoisotopic (exact) mass is 409 g/mol. The largest absolute Gasteiger partial charge is 0.264 e. The molecule has 0 radical (unpaired) electrons. The summed E-state index contributed by atoms with van der Waals surface area (Å²) in [5, 5.41) is 0. The van der Waals surface area contributed by atoms with Crippen LogP contribution in [-0.2, 0) is 6.42 Å². The van der Waals surface area contributed by atoms with Crippen LogP contribution in [0.2, 0.25) is 0 Å². The van der Waals surface area contributed by atoms with Gasteiger partial charge in [-0.1, -0.05) is 105 Å². The van der Waals surface area contributed by atoms with Crippen molar-refractivity contribution < 1.29 is 0 Å². The number of nitrogens with zero attached hydrogens (tertiary/aromatic N) is 1. The average molecular weight is 410 g/mol. The molecule has 1 heteroatoms. The third-order valence-corrected chi connectivity index (χ3v) is 3.85. The summed E-state index contributed by atoms with van der Waals surface area (Å²) < 4.78 is 0. The van der Waals surface area contributed by atoms with Crippen LogP contribution in [0.5, 0.6) is 0 Å². The fourth-order valence-electron chi connectivity index (χ4n) is 2.70. The number of pyridine rings is 1. The van der Waals surface area contributed by atoms with Gasteiger partial charge in [0.25, 0.3) is 0 Å². The number of allylic oxidation sites excluding steroid dienone is 4. The van der Waals surface area contributed by atoms with E-state index in [0.29, 0.717) is 0 Å². The van der Waals surface area contributed by atoms with E-state index in [1.807, 2.05) is 73.8 Å². The molecule has 0 bridgehead atoms. The molecule has 1 aliphatic rings. The highest BCUT2D eigenvalue weighted by Crippen LogP contribution is 2.34. The minimum Gasteiger partial charge on any atom is -0.264 e. The standard InChI is InChI=1S/C19H19N.4C2H6.C2H4/c1-2-15-9-11-16(12-10-15)18-7-3-4-8-19(18)17-6-5-13-20-14-17;5*1-2/h3,5-7,9-14H,2,4,8H2,1H3;4*1-2H3;1-2H2. The molecule has 1 heterocycles. The highest BCUT2D eigenvalue weighted by Gasteiger charge is 2.12. The van der Waals surface area contributed by atoms with E-state index in [4.69, 9.17) is 0 Å². The Morgan fingerprint density at radius 2 is 1.37 bits per heavy atom. The molecule has 30 heavy (non-hydrogen) atoms. The smallest absolute Gasteiger partial charge is 0.0343 e. The summed E-state index contributed by atoms with van der Waals surface area (Å²) in [6.45, 7) is 24.2. The third-order valence-electron chi connectivity index (χ3n) is 3.85. The van der Waals surface area contributed by atoms with Gasteiger partial charge < -0.3 is 0 Å². The maximum atomic E-state index is 4.26. The lowest BCUT2D eigenvalue weighted by atomic mass is 9.88. The summed E-state index contributed by atoms with van der Waals surface area (Å²) in [5.41, 5.74) is 6.68. The van der Waals surface area contributed by atoms with E-state index in [1.54, 1.807) is 0 Å². The predicted octanol–water partition coefficient (Wildman–Crippen LogP) is 9.81. The van der Waals surface area contributed by atoms with E-state index in [9.17, 15) is 0 Å². The molecule has 0 fully saturated rings. The number of aromatic nitrogens is 1. The Morgan fingerprint density at radius 3 is 1.83 bits per heavy atom. The molecule has 1 nitrogen and oxygen atoms in total. The highest BCUT2D eigenvalue weighted by atomic mass is 14.6. The van der Waals surface area contributed by atoms with Gasteiger partial charge in [0.05, 0.1) is 0 Å². The minimum atomic E-state index is 1.09.